The molecule has 5 heteroatoms. The Hall–Kier alpha value is -1.96. The number of H-pyrrole nitrogens is 1. The molecule has 2 aromatic rings. The largest absolute Gasteiger partial charge is 0.273 e. The molecule has 52 valence electrons. The number of rotatable bonds is 0. The van der Waals surface area contributed by atoms with Crippen molar-refractivity contribution in [2.45, 2.75) is 0 Å². The Balaban J connectivity index is 2.89. The summed E-state index contributed by atoms with van der Waals surface area (Å²) in [5.41, 5.74) is 1.56. The van der Waals surface area contributed by atoms with Gasteiger partial charge < -0.3 is 0 Å². The Morgan fingerprint density at radius 2 is 2.45 bits per heavy atom. The second kappa shape index (κ2) is 2.02. The fraction of sp³-hybridized carbons (Fsp3) is 0. The third-order valence-electron chi connectivity index (χ3n) is 1.33. The van der Waals surface area contributed by atoms with Crippen LogP contribution in [0.3, 0.4) is 0 Å². The third-order valence-corrected chi connectivity index (χ3v) is 1.33. The third kappa shape index (κ3) is 0.730. The molecule has 0 aliphatic rings. The van der Waals surface area contributed by atoms with Gasteiger partial charge in [-0.15, -0.1) is 0 Å². The van der Waals surface area contributed by atoms with Gasteiger partial charge in [0.25, 0.3) is 0 Å². The first-order valence-corrected chi connectivity index (χ1v) is 2.96. The van der Waals surface area contributed by atoms with Crippen molar-refractivity contribution in [3.8, 4) is 6.07 Å². The Morgan fingerprint density at radius 3 is 3.27 bits per heavy atom. The molecule has 0 radical (unpaired) electrons. The molecule has 0 aliphatic heterocycles. The summed E-state index contributed by atoms with van der Waals surface area (Å²) in [5, 5.41) is 14.9. The van der Waals surface area contributed by atoms with Crippen molar-refractivity contribution in [1.29, 1.82) is 5.26 Å². The molecule has 0 spiro atoms. The first kappa shape index (κ1) is 5.80. The number of aromatic nitrogens is 4. The van der Waals surface area contributed by atoms with E-state index in [0.717, 1.165) is 0 Å². The molecule has 1 N–H and O–H groups in total. The fourth-order valence-electron chi connectivity index (χ4n) is 0.847. The van der Waals surface area contributed by atoms with Crippen LogP contribution in [0.15, 0.2) is 12.5 Å². The highest BCUT2D eigenvalue weighted by molar-refractivity contribution is 5.77. The Morgan fingerprint density at radius 1 is 1.55 bits per heavy atom. The van der Waals surface area contributed by atoms with E-state index < -0.39 is 0 Å². The Labute approximate surface area is 61.7 Å². The van der Waals surface area contributed by atoms with Gasteiger partial charge in [0.05, 0.1) is 6.20 Å². The lowest BCUT2D eigenvalue weighted by Gasteiger charge is -1.82. The molecule has 0 amide bonds. The molecule has 5 nitrogen and oxygen atoms in total. The van der Waals surface area contributed by atoms with Crippen LogP contribution in [0.1, 0.15) is 5.69 Å². The summed E-state index contributed by atoms with van der Waals surface area (Å²) in [7, 11) is 0. The highest BCUT2D eigenvalue weighted by Gasteiger charge is 2.03. The van der Waals surface area contributed by atoms with Gasteiger partial charge in [0.1, 0.15) is 23.4 Å². The van der Waals surface area contributed by atoms with E-state index in [-0.39, 0.29) is 0 Å². The van der Waals surface area contributed by atoms with E-state index in [1.165, 1.54) is 6.33 Å². The van der Waals surface area contributed by atoms with E-state index in [9.17, 15) is 0 Å². The monoisotopic (exact) mass is 145 g/mol. The maximum atomic E-state index is 8.53. The van der Waals surface area contributed by atoms with Crippen LogP contribution in [0.25, 0.3) is 11.0 Å². The second-order valence-electron chi connectivity index (χ2n) is 1.97. The van der Waals surface area contributed by atoms with Gasteiger partial charge in [-0.1, -0.05) is 0 Å². The number of fused-ring (bicyclic) bond motifs is 1. The SMILES string of the molecule is N#Cc1n[nH]c2cncnc12. The van der Waals surface area contributed by atoms with E-state index in [2.05, 4.69) is 20.2 Å². The van der Waals surface area contributed by atoms with E-state index in [0.29, 0.717) is 16.7 Å². The van der Waals surface area contributed by atoms with Crippen LogP contribution in [0.5, 0.6) is 0 Å². The van der Waals surface area contributed by atoms with E-state index in [4.69, 9.17) is 5.26 Å². The van der Waals surface area contributed by atoms with E-state index >= 15 is 0 Å². The quantitative estimate of drug-likeness (QED) is 0.575. The summed E-state index contributed by atoms with van der Waals surface area (Å²) in [4.78, 5) is 7.65. The molecule has 0 unspecified atom stereocenters. The molecule has 0 atom stereocenters. The normalized spacial score (nSPS) is 9.73. The first-order valence-electron chi connectivity index (χ1n) is 2.96. The van der Waals surface area contributed by atoms with Gasteiger partial charge in [-0.3, -0.25) is 5.10 Å². The zero-order chi connectivity index (χ0) is 7.68. The van der Waals surface area contributed by atoms with Gasteiger partial charge in [-0.2, -0.15) is 10.4 Å². The maximum Gasteiger partial charge on any atom is 0.188 e. The predicted octanol–water partition coefficient (Wildman–Crippen LogP) is 0.225. The van der Waals surface area contributed by atoms with Gasteiger partial charge in [0.15, 0.2) is 5.69 Å². The molecule has 0 fully saturated rings. The lowest BCUT2D eigenvalue weighted by molar-refractivity contribution is 1.09. The maximum absolute atomic E-state index is 8.53. The second-order valence-corrected chi connectivity index (χ2v) is 1.97. The molecule has 0 aromatic carbocycles. The fourth-order valence-corrected chi connectivity index (χ4v) is 0.847. The minimum Gasteiger partial charge on any atom is -0.273 e. The van der Waals surface area contributed by atoms with Gasteiger partial charge in [-0.25, -0.2) is 9.97 Å². The number of nitrogens with one attached hydrogen (secondary N) is 1. The number of nitrogens with zero attached hydrogens (tertiary/aromatic N) is 4. The Bertz CT molecular complexity index is 424. The standard InChI is InChI=1S/C6H3N5/c7-1-4-6-5(11-10-4)2-8-3-9-6/h2-3H,(H,10,11). The van der Waals surface area contributed by atoms with Gasteiger partial charge in [-0.05, 0) is 0 Å². The first-order chi connectivity index (χ1) is 5.42. The zero-order valence-electron chi connectivity index (χ0n) is 5.44. The van der Waals surface area contributed by atoms with Crippen molar-refractivity contribution in [2.24, 2.45) is 0 Å². The van der Waals surface area contributed by atoms with Crippen molar-refractivity contribution in [2.75, 3.05) is 0 Å². The van der Waals surface area contributed by atoms with Crippen molar-refractivity contribution in [1.82, 2.24) is 20.2 Å². The van der Waals surface area contributed by atoms with Gasteiger partial charge >= 0.3 is 0 Å². The lowest BCUT2D eigenvalue weighted by atomic mass is 10.4. The number of hydrogen-bond acceptors (Lipinski definition) is 4. The van der Waals surface area contributed by atoms with Crippen molar-refractivity contribution in [3.63, 3.8) is 0 Å². The number of hydrogen-bond donors (Lipinski definition) is 1. The topological polar surface area (TPSA) is 78.2 Å². The van der Waals surface area contributed by atoms with Crippen LogP contribution in [0.2, 0.25) is 0 Å². The lowest BCUT2D eigenvalue weighted by Crippen LogP contribution is -1.78. The minimum atomic E-state index is 0.308. The summed E-state index contributed by atoms with van der Waals surface area (Å²) in [5.74, 6) is 0. The summed E-state index contributed by atoms with van der Waals surface area (Å²) < 4.78 is 0. The van der Waals surface area contributed by atoms with E-state index in [1.54, 1.807) is 6.20 Å². The van der Waals surface area contributed by atoms with Crippen molar-refractivity contribution >= 4 is 11.0 Å². The summed E-state index contributed by atoms with van der Waals surface area (Å²) >= 11 is 0. The van der Waals surface area contributed by atoms with Crippen molar-refractivity contribution < 1.29 is 0 Å². The molecule has 11 heavy (non-hydrogen) atoms. The molecule has 2 rings (SSSR count). The van der Waals surface area contributed by atoms with Crippen LogP contribution < -0.4 is 0 Å². The van der Waals surface area contributed by atoms with Crippen LogP contribution in [0.4, 0.5) is 0 Å². The molecular formula is C6H3N5. The highest BCUT2D eigenvalue weighted by Crippen LogP contribution is 2.08. The van der Waals surface area contributed by atoms with Crippen molar-refractivity contribution in [3.05, 3.63) is 18.2 Å². The number of nitriles is 1. The van der Waals surface area contributed by atoms with Gasteiger partial charge in [0.2, 0.25) is 0 Å². The highest BCUT2D eigenvalue weighted by atomic mass is 15.1. The molecule has 0 saturated carbocycles. The zero-order valence-corrected chi connectivity index (χ0v) is 5.44. The van der Waals surface area contributed by atoms with E-state index in [1.807, 2.05) is 6.07 Å². The minimum absolute atomic E-state index is 0.308. The van der Waals surface area contributed by atoms with Crippen LogP contribution in [-0.2, 0) is 0 Å². The van der Waals surface area contributed by atoms with Crippen LogP contribution >= 0.6 is 0 Å². The predicted molar refractivity (Wildman–Crippen MR) is 36.4 cm³/mol. The van der Waals surface area contributed by atoms with Crippen LogP contribution in [0, 0.1) is 11.3 Å². The Kier molecular flexibility index (Phi) is 1.07. The van der Waals surface area contributed by atoms with Gasteiger partial charge in [0, 0.05) is 0 Å². The summed E-state index contributed by atoms with van der Waals surface area (Å²) in [6, 6.07) is 1.92. The molecule has 0 saturated heterocycles. The van der Waals surface area contributed by atoms with Crippen LogP contribution in [-0.4, -0.2) is 20.2 Å². The molecule has 0 bridgehead atoms. The molecular weight excluding hydrogens is 142 g/mol. The smallest absolute Gasteiger partial charge is 0.188 e. The average Bonchev–Trinajstić information content (AvgIpc) is 2.47. The molecule has 2 heterocycles. The molecule has 0 aliphatic carbocycles. The summed E-state index contributed by atoms with van der Waals surface area (Å²) in [6.07, 6.45) is 2.97. The summed E-state index contributed by atoms with van der Waals surface area (Å²) in [6.45, 7) is 0. The average molecular weight is 145 g/mol. The molecule has 2 aromatic heterocycles. The number of aromatic amines is 1.